The van der Waals surface area contributed by atoms with Gasteiger partial charge in [-0.1, -0.05) is 184 Å². The summed E-state index contributed by atoms with van der Waals surface area (Å²) in [5.74, 6) is -0.436. The number of rotatable bonds is 11. The summed E-state index contributed by atoms with van der Waals surface area (Å²) in [6, 6.07) is 54.6. The summed E-state index contributed by atoms with van der Waals surface area (Å²) >= 11 is 0. The van der Waals surface area contributed by atoms with Gasteiger partial charge in [-0.05, 0) is 88.1 Å². The van der Waals surface area contributed by atoms with Gasteiger partial charge in [0.2, 0.25) is 0 Å². The molecule has 0 N–H and O–H groups in total. The average Bonchev–Trinajstić information content (AvgIpc) is 0.844. The lowest BCUT2D eigenvalue weighted by molar-refractivity contribution is -0.194. The van der Waals surface area contributed by atoms with Crippen LogP contribution in [-0.2, 0) is 131 Å². The zero-order valence-corrected chi connectivity index (χ0v) is 57.6. The smallest absolute Gasteiger partial charge is 0.452 e. The normalized spacial score (nSPS) is 33.8. The fourth-order valence-electron chi connectivity index (χ4n) is 11.9. The topological polar surface area (TPSA) is 250 Å². The van der Waals surface area contributed by atoms with Crippen LogP contribution < -0.4 is 0 Å². The summed E-state index contributed by atoms with van der Waals surface area (Å²) in [5, 5.41) is 0. The summed E-state index contributed by atoms with van der Waals surface area (Å²) in [4.78, 5) is 10.7. The van der Waals surface area contributed by atoms with Crippen LogP contribution in [0.1, 0.15) is 61.1 Å². The third-order valence-electron chi connectivity index (χ3n) is 17.5. The van der Waals surface area contributed by atoms with Gasteiger partial charge in [-0.15, -0.1) is 0 Å². The molecule has 22 nitrogen and oxygen atoms in total. The number of fused-ring (bicyclic) bond motifs is 15. The van der Waals surface area contributed by atoms with Gasteiger partial charge >= 0.3 is 45.1 Å². The minimum absolute atomic E-state index is 0.0733. The molecule has 15 heterocycles. The van der Waals surface area contributed by atoms with Crippen molar-refractivity contribution in [1.82, 2.24) is 0 Å². The molecule has 27 heteroatoms. The number of benzene rings is 6. The number of carbonyl (C=O) groups is 1. The summed E-state index contributed by atoms with van der Waals surface area (Å²) in [5.41, 5.74) is 10.7. The number of hydrogen-bond acceptors (Lipinski definition) is 22. The van der Waals surface area contributed by atoms with Crippen molar-refractivity contribution in [1.29, 1.82) is 0 Å². The quantitative estimate of drug-likeness (QED) is 0.0863. The molecule has 0 aromatic heterocycles. The number of phosphoric ester groups is 5. The third kappa shape index (κ3) is 17.1. The molecule has 10 bridgehead atoms. The van der Waals surface area contributed by atoms with Crippen LogP contribution in [0.5, 0.6) is 0 Å². The van der Waals surface area contributed by atoms with E-state index < -0.39 is 50.7 Å². The first kappa shape index (κ1) is 69.2. The Morgan fingerprint density at radius 1 is 0.351 bits per heavy atom. The van der Waals surface area contributed by atoms with Gasteiger partial charge in [0.25, 0.3) is 0 Å². The van der Waals surface area contributed by atoms with Gasteiger partial charge in [-0.3, -0.25) is 72.7 Å². The largest absolute Gasteiger partial charge is 0.475 e. The maximum absolute atomic E-state index is 11.9. The van der Waals surface area contributed by atoms with Gasteiger partial charge in [-0.25, -0.2) is 22.8 Å². The Morgan fingerprint density at radius 2 is 0.617 bits per heavy atom. The molecule has 504 valence electrons. The highest BCUT2D eigenvalue weighted by molar-refractivity contribution is 7.49. The lowest BCUT2D eigenvalue weighted by Gasteiger charge is -2.44. The predicted molar refractivity (Wildman–Crippen MR) is 346 cm³/mol. The first-order valence-corrected chi connectivity index (χ1v) is 38.4. The molecular formula is C67H79O22P5. The van der Waals surface area contributed by atoms with Crippen LogP contribution in [0.25, 0.3) is 22.3 Å². The Morgan fingerprint density at radius 3 is 0.926 bits per heavy atom. The van der Waals surface area contributed by atoms with Crippen molar-refractivity contribution < 1.29 is 100 Å². The number of ether oxygens (including phenoxy) is 1. The van der Waals surface area contributed by atoms with E-state index in [0.717, 1.165) is 25.7 Å². The van der Waals surface area contributed by atoms with Gasteiger partial charge in [0.15, 0.2) is 5.60 Å². The average molecular weight is 1390 g/mol. The summed E-state index contributed by atoms with van der Waals surface area (Å²) in [6.45, 7) is 15.6. The van der Waals surface area contributed by atoms with E-state index in [1.54, 1.807) is 0 Å². The molecule has 15 aliphatic heterocycles. The minimum Gasteiger partial charge on any atom is -0.452 e. The van der Waals surface area contributed by atoms with Gasteiger partial charge in [0, 0.05) is 28.6 Å². The van der Waals surface area contributed by atoms with Gasteiger partial charge in [0.05, 0.1) is 79.3 Å². The van der Waals surface area contributed by atoms with Crippen molar-refractivity contribution in [3.63, 3.8) is 0 Å². The Hall–Kier alpha value is -4.66. The lowest BCUT2D eigenvalue weighted by atomic mass is 9.83. The zero-order chi connectivity index (χ0) is 66.0. The molecule has 15 aliphatic rings. The zero-order valence-electron chi connectivity index (χ0n) is 53.2. The second-order valence-electron chi connectivity index (χ2n) is 26.9. The van der Waals surface area contributed by atoms with Crippen LogP contribution in [0.2, 0.25) is 0 Å². The molecule has 0 atom stereocenters. The Balaban J connectivity index is 0.000000115. The number of phosphoric acid groups is 5. The fourth-order valence-corrected chi connectivity index (χ4v) is 19.4. The molecular weight excluding hydrogens is 1310 g/mol. The number of aryl methyl sites for hydroxylation is 1. The van der Waals surface area contributed by atoms with Crippen molar-refractivity contribution in [3.05, 3.63) is 191 Å². The van der Waals surface area contributed by atoms with E-state index in [-0.39, 0.29) is 46.9 Å². The van der Waals surface area contributed by atoms with Gasteiger partial charge in [0.1, 0.15) is 19.8 Å². The molecule has 94 heavy (non-hydrogen) atoms. The summed E-state index contributed by atoms with van der Waals surface area (Å²) in [6.07, 6.45) is 3.24. The molecule has 0 amide bonds. The lowest BCUT2D eigenvalue weighted by Crippen LogP contribution is -2.53. The van der Waals surface area contributed by atoms with Gasteiger partial charge < -0.3 is 4.74 Å². The van der Waals surface area contributed by atoms with Crippen molar-refractivity contribution in [2.24, 2.45) is 21.7 Å². The van der Waals surface area contributed by atoms with E-state index in [0.29, 0.717) is 79.3 Å². The molecule has 0 aliphatic carbocycles. The van der Waals surface area contributed by atoms with Crippen molar-refractivity contribution >= 4 is 45.1 Å². The van der Waals surface area contributed by atoms with Crippen molar-refractivity contribution in [2.45, 2.75) is 71.3 Å². The third-order valence-corrected chi connectivity index (χ3v) is 24.2. The molecule has 15 saturated heterocycles. The molecule has 0 spiro atoms. The van der Waals surface area contributed by atoms with E-state index >= 15 is 0 Å². The predicted octanol–water partition coefficient (Wildman–Crippen LogP) is 15.0. The van der Waals surface area contributed by atoms with Crippen LogP contribution in [0, 0.1) is 28.6 Å². The Labute approximate surface area is 548 Å². The number of carbonyl (C=O) groups excluding carboxylic acids is 1. The second-order valence-corrected chi connectivity index (χ2v) is 35.2. The summed E-state index contributed by atoms with van der Waals surface area (Å²) < 4.78 is 140. The van der Waals surface area contributed by atoms with Crippen LogP contribution in [0.4, 0.5) is 0 Å². The summed E-state index contributed by atoms with van der Waals surface area (Å²) in [7, 11) is -16.1. The first-order chi connectivity index (χ1) is 44.8. The van der Waals surface area contributed by atoms with Crippen LogP contribution >= 0.6 is 39.1 Å². The molecule has 15 fully saturated rings. The molecule has 6 aromatic rings. The molecule has 0 saturated carbocycles. The fraction of sp³-hybridized carbons (Fsp3) is 0.448. The standard InChI is InChI=1S/C21H25O4P.C17H17O4P.C12H15O4P.C11H13O4P.C6H9O6P/c1-20(2,3)19-10-8-18(9-11-19)17-6-4-16(5-7-17)12-21-13-23-26(22,24-14-21)25-15-21;18-22-19-11-17(12-20-22,13-21-22)10-14-6-8-16(9-7-14)15-4-2-1-3-5-15;1-10-3-2-4-11(5-10)6-12-7-14-17(13,15-8-12)16-9-12;12-16-13-7-11(8-14-16,9-15-16)6-10-4-2-1-3-5-10;1-5(7)12-6-2-9-13(8,10-3-6)11-4-6/h4-11H,12-15H2,1-3H3;1-9H,10-13H2;2-5H,6-9H2,1H3;1-5H,6-9H2;2-4H2,1H3. The molecule has 0 unspecified atom stereocenters. The van der Waals surface area contributed by atoms with Crippen LogP contribution in [0.15, 0.2) is 158 Å². The molecule has 21 rings (SSSR count). The first-order valence-electron chi connectivity index (χ1n) is 31.1. The Kier molecular flexibility index (Phi) is 20.6. The van der Waals surface area contributed by atoms with E-state index in [1.807, 2.05) is 42.5 Å². The maximum Gasteiger partial charge on any atom is 0.475 e. The second kappa shape index (κ2) is 27.9. The van der Waals surface area contributed by atoms with E-state index in [4.69, 9.17) is 72.6 Å². The highest BCUT2D eigenvalue weighted by atomic mass is 31.2. The van der Waals surface area contributed by atoms with Crippen molar-refractivity contribution in [3.8, 4) is 22.3 Å². The minimum atomic E-state index is -3.31. The molecule has 0 radical (unpaired) electrons. The Bertz CT molecular complexity index is 3730. The van der Waals surface area contributed by atoms with E-state index in [1.165, 1.54) is 62.6 Å². The highest BCUT2D eigenvalue weighted by Crippen LogP contribution is 2.64. The molecule has 6 aromatic carbocycles. The SMILES string of the molecule is CC(=O)OC12COP(=O)(OC1)OC2.CC(C)(C)c1ccc(-c2ccc(CC34COP(=O)(OC3)OC4)cc2)cc1.Cc1cccc(CC23COP(=O)(OC2)OC3)c1.O=P12OCC(Cc3ccc(-c4ccccc4)cc3)(CO1)CO2.O=P12OCC(Cc3ccccc3)(CO1)CO2. The monoisotopic (exact) mass is 1390 g/mol. The van der Waals surface area contributed by atoms with Crippen LogP contribution in [-0.4, -0.2) is 111 Å². The highest BCUT2D eigenvalue weighted by Gasteiger charge is 2.55. The number of hydrogen-bond donors (Lipinski definition) is 0. The van der Waals surface area contributed by atoms with Crippen molar-refractivity contribution in [2.75, 3.05) is 99.1 Å². The van der Waals surface area contributed by atoms with Crippen LogP contribution in [0.3, 0.4) is 0 Å². The van der Waals surface area contributed by atoms with Gasteiger partial charge in [-0.2, -0.15) is 0 Å². The van der Waals surface area contributed by atoms with E-state index in [9.17, 15) is 27.6 Å². The van der Waals surface area contributed by atoms with E-state index in [2.05, 4.69) is 143 Å². The maximum atomic E-state index is 11.9. The number of esters is 1.